The molecule has 3 nitrogen and oxygen atoms in total. The number of hydrogen-bond donors (Lipinski definition) is 1. The molecule has 1 saturated carbocycles. The van der Waals surface area contributed by atoms with Gasteiger partial charge in [0.05, 0.1) is 6.20 Å². The van der Waals surface area contributed by atoms with E-state index in [-0.39, 0.29) is 0 Å². The lowest BCUT2D eigenvalue weighted by Crippen LogP contribution is -2.01. The van der Waals surface area contributed by atoms with Crippen LogP contribution < -0.4 is 5.73 Å². The number of aryl methyl sites for hydroxylation is 1. The summed E-state index contributed by atoms with van der Waals surface area (Å²) in [4.78, 5) is 0. The molecule has 2 rings (SSSR count). The second-order valence-corrected chi connectivity index (χ2v) is 3.29. The molecule has 0 aliphatic heterocycles. The molecule has 2 N–H and O–H groups in total. The molecule has 60 valence electrons. The third-order valence-electron chi connectivity index (χ3n) is 2.38. The van der Waals surface area contributed by atoms with Crippen molar-refractivity contribution in [3.63, 3.8) is 0 Å². The number of nitrogens with two attached hydrogens (primary N) is 1. The average Bonchev–Trinajstić information content (AvgIpc) is 2.68. The number of nitrogens with zero attached hydrogens (tertiary/aromatic N) is 2. The van der Waals surface area contributed by atoms with Crippen LogP contribution in [-0.2, 0) is 7.05 Å². The highest BCUT2D eigenvalue weighted by molar-refractivity contribution is 5.20. The summed E-state index contributed by atoms with van der Waals surface area (Å²) >= 11 is 0. The van der Waals surface area contributed by atoms with Gasteiger partial charge in [0, 0.05) is 13.2 Å². The monoisotopic (exact) mass is 151 g/mol. The maximum absolute atomic E-state index is 5.54. The topological polar surface area (TPSA) is 43.8 Å². The van der Waals surface area contributed by atoms with Crippen LogP contribution >= 0.6 is 0 Å². The molecule has 2 atom stereocenters. The van der Waals surface area contributed by atoms with Crippen LogP contribution in [0.25, 0.3) is 0 Å². The maximum atomic E-state index is 5.54. The van der Waals surface area contributed by atoms with Crippen LogP contribution in [0.4, 0.5) is 0 Å². The fourth-order valence-corrected chi connectivity index (χ4v) is 1.55. The zero-order valence-corrected chi connectivity index (χ0v) is 6.70. The van der Waals surface area contributed by atoms with Crippen molar-refractivity contribution in [3.05, 3.63) is 18.0 Å². The fourth-order valence-electron chi connectivity index (χ4n) is 1.55. The molecular weight excluding hydrogens is 138 g/mol. The molecular formula is C8H13N3. The first kappa shape index (κ1) is 6.85. The van der Waals surface area contributed by atoms with E-state index in [9.17, 15) is 0 Å². The standard InChI is InChI=1S/C8H13N3/c1-11-5-7(4-10-11)8-2-6(8)3-9/h4-6,8H,2-3,9H2,1H3/t6-,8-/m1/s1. The van der Waals surface area contributed by atoms with Crippen LogP contribution in [0.3, 0.4) is 0 Å². The van der Waals surface area contributed by atoms with Gasteiger partial charge in [-0.2, -0.15) is 5.10 Å². The van der Waals surface area contributed by atoms with Gasteiger partial charge in [-0.3, -0.25) is 4.68 Å². The lowest BCUT2D eigenvalue weighted by atomic mass is 10.2. The second-order valence-electron chi connectivity index (χ2n) is 3.29. The summed E-state index contributed by atoms with van der Waals surface area (Å²) in [6.07, 6.45) is 5.28. The zero-order valence-electron chi connectivity index (χ0n) is 6.70. The van der Waals surface area contributed by atoms with E-state index in [1.807, 2.05) is 17.9 Å². The molecule has 0 saturated heterocycles. The van der Waals surface area contributed by atoms with E-state index in [4.69, 9.17) is 5.73 Å². The molecule has 0 aromatic carbocycles. The molecule has 1 aliphatic carbocycles. The number of hydrogen-bond acceptors (Lipinski definition) is 2. The molecule has 1 aromatic rings. The Morgan fingerprint density at radius 2 is 2.64 bits per heavy atom. The minimum absolute atomic E-state index is 0.702. The van der Waals surface area contributed by atoms with E-state index >= 15 is 0 Å². The summed E-state index contributed by atoms with van der Waals surface area (Å²) in [7, 11) is 1.95. The molecule has 1 aliphatic rings. The molecule has 0 unspecified atom stereocenters. The Hall–Kier alpha value is -0.830. The smallest absolute Gasteiger partial charge is 0.0524 e. The highest BCUT2D eigenvalue weighted by Crippen LogP contribution is 2.46. The molecule has 0 bridgehead atoms. The summed E-state index contributed by atoms with van der Waals surface area (Å²) in [5.74, 6) is 1.42. The third-order valence-corrected chi connectivity index (χ3v) is 2.38. The first-order chi connectivity index (χ1) is 5.31. The molecule has 1 fully saturated rings. The van der Waals surface area contributed by atoms with Crippen LogP contribution in [0.2, 0.25) is 0 Å². The fraction of sp³-hybridized carbons (Fsp3) is 0.625. The Labute approximate surface area is 66.2 Å². The second kappa shape index (κ2) is 2.34. The first-order valence-electron chi connectivity index (χ1n) is 4.00. The van der Waals surface area contributed by atoms with Crippen LogP contribution in [0, 0.1) is 5.92 Å². The number of rotatable bonds is 2. The Morgan fingerprint density at radius 1 is 1.82 bits per heavy atom. The maximum Gasteiger partial charge on any atom is 0.0524 e. The van der Waals surface area contributed by atoms with Crippen LogP contribution in [0.5, 0.6) is 0 Å². The normalized spacial score (nSPS) is 28.9. The predicted molar refractivity (Wildman–Crippen MR) is 43.1 cm³/mol. The highest BCUT2D eigenvalue weighted by atomic mass is 15.2. The molecule has 0 radical (unpaired) electrons. The SMILES string of the molecule is Cn1cc([C@@H]2C[C@@H]2CN)cn1. The van der Waals surface area contributed by atoms with Gasteiger partial charge < -0.3 is 5.73 Å². The van der Waals surface area contributed by atoms with E-state index in [1.54, 1.807) is 0 Å². The van der Waals surface area contributed by atoms with Gasteiger partial charge in [-0.05, 0) is 30.4 Å². The van der Waals surface area contributed by atoms with Crippen molar-refractivity contribution in [1.82, 2.24) is 9.78 Å². The Balaban J connectivity index is 2.08. The van der Waals surface area contributed by atoms with Crippen molar-refractivity contribution in [2.45, 2.75) is 12.3 Å². The lowest BCUT2D eigenvalue weighted by molar-refractivity contribution is 0.765. The quantitative estimate of drug-likeness (QED) is 0.668. The van der Waals surface area contributed by atoms with Gasteiger partial charge in [-0.25, -0.2) is 0 Å². The van der Waals surface area contributed by atoms with E-state index in [2.05, 4.69) is 11.3 Å². The summed E-state index contributed by atoms with van der Waals surface area (Å²) in [5, 5.41) is 4.12. The molecule has 1 heterocycles. The van der Waals surface area contributed by atoms with Gasteiger partial charge in [0.2, 0.25) is 0 Å². The summed E-state index contributed by atoms with van der Waals surface area (Å²) < 4.78 is 1.85. The molecule has 0 spiro atoms. The third kappa shape index (κ3) is 1.16. The zero-order chi connectivity index (χ0) is 7.84. The summed E-state index contributed by atoms with van der Waals surface area (Å²) in [5.41, 5.74) is 6.89. The van der Waals surface area contributed by atoms with Gasteiger partial charge in [-0.15, -0.1) is 0 Å². The van der Waals surface area contributed by atoms with Gasteiger partial charge in [0.15, 0.2) is 0 Å². The van der Waals surface area contributed by atoms with Crippen molar-refractivity contribution in [2.75, 3.05) is 6.54 Å². The van der Waals surface area contributed by atoms with E-state index in [0.29, 0.717) is 5.92 Å². The highest BCUT2D eigenvalue weighted by Gasteiger charge is 2.37. The van der Waals surface area contributed by atoms with Crippen molar-refractivity contribution >= 4 is 0 Å². The van der Waals surface area contributed by atoms with E-state index in [1.165, 1.54) is 12.0 Å². The van der Waals surface area contributed by atoms with Gasteiger partial charge in [0.25, 0.3) is 0 Å². The van der Waals surface area contributed by atoms with Crippen molar-refractivity contribution in [1.29, 1.82) is 0 Å². The Morgan fingerprint density at radius 3 is 3.09 bits per heavy atom. The average molecular weight is 151 g/mol. The molecule has 3 heteroatoms. The first-order valence-corrected chi connectivity index (χ1v) is 4.00. The van der Waals surface area contributed by atoms with Gasteiger partial charge in [-0.1, -0.05) is 0 Å². The van der Waals surface area contributed by atoms with Crippen molar-refractivity contribution < 1.29 is 0 Å². The van der Waals surface area contributed by atoms with E-state index < -0.39 is 0 Å². The number of aromatic nitrogens is 2. The molecule has 11 heavy (non-hydrogen) atoms. The van der Waals surface area contributed by atoms with Gasteiger partial charge >= 0.3 is 0 Å². The summed E-state index contributed by atoms with van der Waals surface area (Å²) in [6, 6.07) is 0. The van der Waals surface area contributed by atoms with E-state index in [0.717, 1.165) is 12.5 Å². The molecule has 1 aromatic heterocycles. The van der Waals surface area contributed by atoms with Crippen molar-refractivity contribution in [3.8, 4) is 0 Å². The lowest BCUT2D eigenvalue weighted by Gasteiger charge is -1.90. The van der Waals surface area contributed by atoms with Gasteiger partial charge in [0.1, 0.15) is 0 Å². The predicted octanol–water partition coefficient (Wildman–Crippen LogP) is 0.482. The Kier molecular flexibility index (Phi) is 1.46. The van der Waals surface area contributed by atoms with Crippen LogP contribution in [0.15, 0.2) is 12.4 Å². The minimum atomic E-state index is 0.702. The van der Waals surface area contributed by atoms with Crippen LogP contribution in [-0.4, -0.2) is 16.3 Å². The Bertz CT molecular complexity index is 254. The van der Waals surface area contributed by atoms with Crippen molar-refractivity contribution in [2.24, 2.45) is 18.7 Å². The summed E-state index contributed by atoms with van der Waals surface area (Å²) in [6.45, 7) is 0.819. The molecule has 0 amide bonds. The largest absolute Gasteiger partial charge is 0.330 e. The minimum Gasteiger partial charge on any atom is -0.330 e. The van der Waals surface area contributed by atoms with Crippen LogP contribution in [0.1, 0.15) is 17.9 Å².